The van der Waals surface area contributed by atoms with Gasteiger partial charge in [-0.1, -0.05) is 6.07 Å². The van der Waals surface area contributed by atoms with Crippen molar-refractivity contribution in [1.29, 1.82) is 5.26 Å². The molecule has 8 heteroatoms. The molecule has 2 N–H and O–H groups in total. The molecule has 0 aliphatic heterocycles. The number of nitrogens with two attached hydrogens (primary N) is 1. The van der Waals surface area contributed by atoms with Gasteiger partial charge in [0.25, 0.3) is 0 Å². The van der Waals surface area contributed by atoms with E-state index in [0.29, 0.717) is 0 Å². The first kappa shape index (κ1) is 16.4. The Morgan fingerprint density at radius 2 is 2.04 bits per heavy atom. The number of aromatic nitrogens is 1. The van der Waals surface area contributed by atoms with Crippen molar-refractivity contribution in [3.63, 3.8) is 0 Å². The maximum atomic E-state index is 13.0. The van der Waals surface area contributed by atoms with Gasteiger partial charge in [0.15, 0.2) is 5.69 Å². The van der Waals surface area contributed by atoms with Crippen LogP contribution in [-0.2, 0) is 10.9 Å². The van der Waals surface area contributed by atoms with E-state index in [0.717, 1.165) is 17.7 Å². The molecule has 1 aromatic heterocycles. The highest BCUT2D eigenvalue weighted by Gasteiger charge is 2.33. The summed E-state index contributed by atoms with van der Waals surface area (Å²) in [6, 6.07) is 5.36. The third-order valence-electron chi connectivity index (χ3n) is 3.35. The number of alkyl halides is 3. The second-order valence-corrected chi connectivity index (χ2v) is 4.78. The topological polar surface area (TPSA) is 81.0 Å². The van der Waals surface area contributed by atoms with Gasteiger partial charge in [-0.15, -0.1) is 0 Å². The summed E-state index contributed by atoms with van der Waals surface area (Å²) in [5.74, 6) is -0.849. The van der Waals surface area contributed by atoms with E-state index in [-0.39, 0.29) is 28.2 Å². The van der Waals surface area contributed by atoms with E-state index < -0.39 is 17.7 Å². The van der Waals surface area contributed by atoms with Crippen LogP contribution in [0, 0.1) is 18.3 Å². The maximum absolute atomic E-state index is 13.0. The third-order valence-corrected chi connectivity index (χ3v) is 3.35. The molecular weight excluding hydrogens is 311 g/mol. The Hall–Kier alpha value is -2.95. The van der Waals surface area contributed by atoms with E-state index in [1.165, 1.54) is 25.3 Å². The van der Waals surface area contributed by atoms with Gasteiger partial charge >= 0.3 is 12.1 Å². The van der Waals surface area contributed by atoms with Crippen LogP contribution in [0.4, 0.5) is 18.9 Å². The Balaban J connectivity index is 2.73. The first-order chi connectivity index (χ1) is 10.7. The first-order valence-corrected chi connectivity index (χ1v) is 6.38. The molecule has 1 aromatic carbocycles. The molecule has 120 valence electrons. The van der Waals surface area contributed by atoms with Crippen molar-refractivity contribution in [2.45, 2.75) is 13.1 Å². The fourth-order valence-corrected chi connectivity index (χ4v) is 2.18. The summed E-state index contributed by atoms with van der Waals surface area (Å²) in [7, 11) is 1.11. The number of aryl methyl sites for hydroxylation is 1. The van der Waals surface area contributed by atoms with Crippen molar-refractivity contribution in [1.82, 2.24) is 4.57 Å². The number of carbonyl (C=O) groups is 1. The summed E-state index contributed by atoms with van der Waals surface area (Å²) in [5, 5.41) is 9.01. The van der Waals surface area contributed by atoms with Crippen LogP contribution in [0.3, 0.4) is 0 Å². The molecule has 1 heterocycles. The number of nitrogen functional groups attached to an aromatic ring is 1. The number of rotatable bonds is 2. The number of esters is 1. The molecule has 0 spiro atoms. The van der Waals surface area contributed by atoms with Crippen molar-refractivity contribution in [2.24, 2.45) is 0 Å². The van der Waals surface area contributed by atoms with Crippen LogP contribution in [0.1, 0.15) is 27.2 Å². The number of anilines is 1. The molecule has 0 fully saturated rings. The van der Waals surface area contributed by atoms with Crippen LogP contribution in [0.5, 0.6) is 0 Å². The molecule has 2 aromatic rings. The number of nitrogens with zero attached hydrogens (tertiary/aromatic N) is 2. The number of nitriles is 1. The quantitative estimate of drug-likeness (QED) is 0.861. The normalized spacial score (nSPS) is 11.1. The highest BCUT2D eigenvalue weighted by Crippen LogP contribution is 2.34. The number of carbonyl (C=O) groups excluding carboxylic acids is 1. The van der Waals surface area contributed by atoms with Crippen molar-refractivity contribution < 1.29 is 22.7 Å². The van der Waals surface area contributed by atoms with Crippen LogP contribution >= 0.6 is 0 Å². The molecule has 0 aliphatic carbocycles. The fraction of sp³-hybridized carbons (Fsp3) is 0.200. The van der Waals surface area contributed by atoms with E-state index in [4.69, 9.17) is 11.0 Å². The summed E-state index contributed by atoms with van der Waals surface area (Å²) in [4.78, 5) is 11.9. The van der Waals surface area contributed by atoms with Gasteiger partial charge in [-0.3, -0.25) is 0 Å². The van der Waals surface area contributed by atoms with E-state index in [2.05, 4.69) is 4.74 Å². The average molecular weight is 323 g/mol. The summed E-state index contributed by atoms with van der Waals surface area (Å²) in [5.41, 5.74) is 4.61. The van der Waals surface area contributed by atoms with Crippen molar-refractivity contribution in [3.05, 3.63) is 46.8 Å². The van der Waals surface area contributed by atoms with E-state index in [1.54, 1.807) is 6.07 Å². The maximum Gasteiger partial charge on any atom is 0.416 e. The molecule has 0 unspecified atom stereocenters. The van der Waals surface area contributed by atoms with Gasteiger partial charge in [0.2, 0.25) is 0 Å². The third kappa shape index (κ3) is 2.85. The predicted octanol–water partition coefficient (Wildman–Crippen LogP) is 3.05. The molecular formula is C15H12F3N3O2. The number of hydrogen-bond donors (Lipinski definition) is 1. The second-order valence-electron chi connectivity index (χ2n) is 4.78. The predicted molar refractivity (Wildman–Crippen MR) is 76.0 cm³/mol. The van der Waals surface area contributed by atoms with Crippen molar-refractivity contribution >= 4 is 11.7 Å². The minimum absolute atomic E-state index is 0.0282. The Bertz CT molecular complexity index is 817. The lowest BCUT2D eigenvalue weighted by Crippen LogP contribution is -2.13. The number of ether oxygens (including phenoxy) is 1. The van der Waals surface area contributed by atoms with Crippen LogP contribution in [0.15, 0.2) is 24.4 Å². The van der Waals surface area contributed by atoms with E-state index in [9.17, 15) is 18.0 Å². The lowest BCUT2D eigenvalue weighted by molar-refractivity contribution is -0.138. The van der Waals surface area contributed by atoms with Crippen molar-refractivity contribution in [2.75, 3.05) is 12.8 Å². The van der Waals surface area contributed by atoms with Gasteiger partial charge in [0, 0.05) is 11.9 Å². The van der Waals surface area contributed by atoms with Gasteiger partial charge in [-0.2, -0.15) is 18.4 Å². The Morgan fingerprint density at radius 3 is 2.57 bits per heavy atom. The monoisotopic (exact) mass is 323 g/mol. The summed E-state index contributed by atoms with van der Waals surface area (Å²) in [6.45, 7) is 1.33. The molecule has 5 nitrogen and oxygen atoms in total. The lowest BCUT2D eigenvalue weighted by atomic mass is 10.1. The zero-order chi connectivity index (χ0) is 17.4. The highest BCUT2D eigenvalue weighted by molar-refractivity contribution is 5.95. The largest absolute Gasteiger partial charge is 0.464 e. The van der Waals surface area contributed by atoms with Crippen LogP contribution < -0.4 is 5.73 Å². The average Bonchev–Trinajstić information content (AvgIpc) is 2.82. The molecule has 0 radical (unpaired) electrons. The van der Waals surface area contributed by atoms with Gasteiger partial charge in [-0.25, -0.2) is 4.79 Å². The molecule has 0 amide bonds. The SMILES string of the molecule is COC(=O)c1c(N)c(C#N)cn1-c1ccc(C)c(C(F)(F)F)c1. The molecule has 2 rings (SSSR count). The molecule has 0 saturated carbocycles. The number of benzene rings is 1. The molecule has 0 bridgehead atoms. The zero-order valence-electron chi connectivity index (χ0n) is 12.2. The molecule has 0 aliphatic rings. The second kappa shape index (κ2) is 5.68. The lowest BCUT2D eigenvalue weighted by Gasteiger charge is -2.14. The van der Waals surface area contributed by atoms with Gasteiger partial charge in [0.05, 0.1) is 23.9 Å². The number of methoxy groups -OCH3 is 1. The standard InChI is InChI=1S/C15H12F3N3O2/c1-8-3-4-10(5-11(8)15(16,17)18)21-7-9(6-19)12(20)13(21)14(22)23-2/h3-5,7H,20H2,1-2H3. The van der Waals surface area contributed by atoms with Gasteiger partial charge < -0.3 is 15.0 Å². The Labute approximate surface area is 129 Å². The first-order valence-electron chi connectivity index (χ1n) is 6.38. The van der Waals surface area contributed by atoms with E-state index >= 15 is 0 Å². The highest BCUT2D eigenvalue weighted by atomic mass is 19.4. The van der Waals surface area contributed by atoms with E-state index in [1.807, 2.05) is 0 Å². The van der Waals surface area contributed by atoms with Crippen molar-refractivity contribution in [3.8, 4) is 11.8 Å². The number of hydrogen-bond acceptors (Lipinski definition) is 4. The summed E-state index contributed by atoms with van der Waals surface area (Å²) >= 11 is 0. The fourth-order valence-electron chi connectivity index (χ4n) is 2.18. The minimum Gasteiger partial charge on any atom is -0.464 e. The van der Waals surface area contributed by atoms with Gasteiger partial charge in [0.1, 0.15) is 6.07 Å². The summed E-state index contributed by atoms with van der Waals surface area (Å²) in [6.07, 6.45) is -3.34. The smallest absolute Gasteiger partial charge is 0.416 e. The Kier molecular flexibility index (Phi) is 4.06. The number of halogens is 3. The Morgan fingerprint density at radius 1 is 1.39 bits per heavy atom. The molecule has 0 saturated heterocycles. The minimum atomic E-state index is -4.54. The van der Waals surface area contributed by atoms with Crippen LogP contribution in [-0.4, -0.2) is 17.6 Å². The van der Waals surface area contributed by atoms with Crippen LogP contribution in [0.25, 0.3) is 5.69 Å². The molecule has 23 heavy (non-hydrogen) atoms. The van der Waals surface area contributed by atoms with Crippen LogP contribution in [0.2, 0.25) is 0 Å². The summed E-state index contributed by atoms with van der Waals surface area (Å²) < 4.78 is 44.8. The zero-order valence-corrected chi connectivity index (χ0v) is 12.2. The molecule has 0 atom stereocenters. The van der Waals surface area contributed by atoms with Gasteiger partial charge in [-0.05, 0) is 24.6 Å².